The number of aromatic nitrogens is 4. The van der Waals surface area contributed by atoms with Crippen molar-refractivity contribution in [3.8, 4) is 0 Å². The van der Waals surface area contributed by atoms with Gasteiger partial charge in [0, 0.05) is 44.2 Å². The van der Waals surface area contributed by atoms with Crippen LogP contribution in [0.2, 0.25) is 5.15 Å². The highest BCUT2D eigenvalue weighted by molar-refractivity contribution is 7.10. The minimum atomic E-state index is 0.466. The maximum atomic E-state index is 5.98. The number of halogens is 1. The van der Waals surface area contributed by atoms with Crippen LogP contribution in [0.1, 0.15) is 17.8 Å². The SMILES string of the molecule is CN1C=C(c2cnc3c(Nc4cc(Cl)ns4)nc(C4=CCCNC4)cn23)CN1. The number of anilines is 2. The molecule has 0 aliphatic carbocycles. The Morgan fingerprint density at radius 3 is 2.93 bits per heavy atom. The summed E-state index contributed by atoms with van der Waals surface area (Å²) in [5.41, 5.74) is 8.39. The molecule has 10 heteroatoms. The summed E-state index contributed by atoms with van der Waals surface area (Å²) in [7, 11) is 1.99. The number of hydrazine groups is 1. The lowest BCUT2D eigenvalue weighted by atomic mass is 10.1. The molecule has 0 aromatic carbocycles. The van der Waals surface area contributed by atoms with Crippen molar-refractivity contribution in [3.63, 3.8) is 0 Å². The van der Waals surface area contributed by atoms with Gasteiger partial charge in [0.15, 0.2) is 11.5 Å². The van der Waals surface area contributed by atoms with Gasteiger partial charge in [0.25, 0.3) is 0 Å². The van der Waals surface area contributed by atoms with E-state index in [0.29, 0.717) is 11.0 Å². The second kappa shape index (κ2) is 7.17. The van der Waals surface area contributed by atoms with E-state index in [1.807, 2.05) is 18.3 Å². The van der Waals surface area contributed by atoms with Crippen molar-refractivity contribution in [1.29, 1.82) is 0 Å². The molecule has 0 fully saturated rings. The molecule has 5 heterocycles. The predicted molar refractivity (Wildman–Crippen MR) is 113 cm³/mol. The molecule has 0 saturated carbocycles. The molecular weight excluding hydrogens is 396 g/mol. The molecule has 28 heavy (non-hydrogen) atoms. The summed E-state index contributed by atoms with van der Waals surface area (Å²) in [6, 6.07) is 1.79. The summed E-state index contributed by atoms with van der Waals surface area (Å²) < 4.78 is 6.23. The zero-order chi connectivity index (χ0) is 19.1. The first-order valence-electron chi connectivity index (χ1n) is 9.02. The molecular formula is C18H19ClN8S. The number of rotatable bonds is 4. The molecule has 2 aliphatic rings. The molecule has 0 unspecified atom stereocenters. The Morgan fingerprint density at radius 2 is 2.21 bits per heavy atom. The maximum Gasteiger partial charge on any atom is 0.180 e. The van der Waals surface area contributed by atoms with Gasteiger partial charge in [-0.1, -0.05) is 17.7 Å². The summed E-state index contributed by atoms with van der Waals surface area (Å²) in [6.45, 7) is 2.57. The Bertz CT molecular complexity index is 1100. The first-order valence-corrected chi connectivity index (χ1v) is 10.2. The minimum absolute atomic E-state index is 0.466. The first-order chi connectivity index (χ1) is 13.7. The molecule has 0 saturated heterocycles. The first kappa shape index (κ1) is 17.6. The van der Waals surface area contributed by atoms with Crippen molar-refractivity contribution < 1.29 is 0 Å². The highest BCUT2D eigenvalue weighted by Gasteiger charge is 2.19. The van der Waals surface area contributed by atoms with Crippen LogP contribution >= 0.6 is 23.1 Å². The summed E-state index contributed by atoms with van der Waals surface area (Å²) in [4.78, 5) is 9.52. The summed E-state index contributed by atoms with van der Waals surface area (Å²) in [6.07, 6.45) is 9.30. The second-order valence-electron chi connectivity index (χ2n) is 6.75. The lowest BCUT2D eigenvalue weighted by molar-refractivity contribution is 0.374. The van der Waals surface area contributed by atoms with E-state index in [9.17, 15) is 0 Å². The van der Waals surface area contributed by atoms with Crippen LogP contribution in [-0.4, -0.2) is 50.4 Å². The van der Waals surface area contributed by atoms with Crippen molar-refractivity contribution in [1.82, 2.24) is 34.5 Å². The molecule has 3 aromatic heterocycles. The van der Waals surface area contributed by atoms with Crippen LogP contribution < -0.4 is 16.1 Å². The van der Waals surface area contributed by atoms with Crippen LogP contribution in [0, 0.1) is 0 Å². The lowest BCUT2D eigenvalue weighted by Crippen LogP contribution is -2.23. The van der Waals surface area contributed by atoms with E-state index in [1.165, 1.54) is 22.7 Å². The Hall–Kier alpha value is -2.46. The highest BCUT2D eigenvalue weighted by atomic mass is 35.5. The molecule has 0 spiro atoms. The van der Waals surface area contributed by atoms with Crippen LogP contribution in [0.25, 0.3) is 16.8 Å². The van der Waals surface area contributed by atoms with Gasteiger partial charge in [0.05, 0.1) is 17.6 Å². The van der Waals surface area contributed by atoms with Crippen molar-refractivity contribution in [2.24, 2.45) is 0 Å². The lowest BCUT2D eigenvalue weighted by Gasteiger charge is -2.16. The van der Waals surface area contributed by atoms with Gasteiger partial charge in [-0.15, -0.1) is 0 Å². The average molecular weight is 415 g/mol. The number of nitrogens with zero attached hydrogens (tertiary/aromatic N) is 5. The monoisotopic (exact) mass is 414 g/mol. The minimum Gasteiger partial charge on any atom is -0.327 e. The molecule has 144 valence electrons. The van der Waals surface area contributed by atoms with Crippen LogP contribution in [-0.2, 0) is 0 Å². The van der Waals surface area contributed by atoms with Crippen LogP contribution in [0.15, 0.2) is 30.7 Å². The van der Waals surface area contributed by atoms with E-state index in [4.69, 9.17) is 16.6 Å². The second-order valence-corrected chi connectivity index (χ2v) is 7.94. The number of fused-ring (bicyclic) bond motifs is 1. The van der Waals surface area contributed by atoms with Gasteiger partial charge in [-0.3, -0.25) is 4.40 Å². The molecule has 0 atom stereocenters. The quantitative estimate of drug-likeness (QED) is 0.605. The number of nitrogens with one attached hydrogen (secondary N) is 3. The van der Waals surface area contributed by atoms with E-state index >= 15 is 0 Å². The molecule has 8 nitrogen and oxygen atoms in total. The fraction of sp³-hybridized carbons (Fsp3) is 0.278. The molecule has 3 aromatic rings. The topological polar surface area (TPSA) is 82.4 Å². The van der Waals surface area contributed by atoms with E-state index in [0.717, 1.165) is 48.1 Å². The summed E-state index contributed by atoms with van der Waals surface area (Å²) in [5, 5.41) is 10.0. The largest absolute Gasteiger partial charge is 0.327 e. The van der Waals surface area contributed by atoms with Crippen molar-refractivity contribution >= 4 is 50.7 Å². The molecule has 0 radical (unpaired) electrons. The Kier molecular flexibility index (Phi) is 4.52. The van der Waals surface area contributed by atoms with Gasteiger partial charge >= 0.3 is 0 Å². The third kappa shape index (κ3) is 3.26. The Morgan fingerprint density at radius 1 is 1.29 bits per heavy atom. The van der Waals surface area contributed by atoms with E-state index < -0.39 is 0 Å². The van der Waals surface area contributed by atoms with E-state index in [1.54, 1.807) is 6.07 Å². The van der Waals surface area contributed by atoms with Crippen molar-refractivity contribution in [3.05, 3.63) is 47.3 Å². The standard InChI is InChI=1S/C18H19ClN8S/c1-26-9-12(7-22-26)14-8-21-18-17(24-16-5-15(19)25-28-16)23-13(10-27(14)18)11-3-2-4-20-6-11/h3,5,8-10,20,22H,2,4,6-7H2,1H3,(H,23,24). The molecule has 0 amide bonds. The number of hydrogen-bond acceptors (Lipinski definition) is 8. The van der Waals surface area contributed by atoms with Crippen LogP contribution in [0.5, 0.6) is 0 Å². The van der Waals surface area contributed by atoms with Crippen LogP contribution in [0.4, 0.5) is 10.8 Å². The summed E-state index contributed by atoms with van der Waals surface area (Å²) in [5.74, 6) is 0.690. The smallest absolute Gasteiger partial charge is 0.180 e. The fourth-order valence-electron chi connectivity index (χ4n) is 3.42. The van der Waals surface area contributed by atoms with Crippen molar-refractivity contribution in [2.45, 2.75) is 6.42 Å². The average Bonchev–Trinajstić information content (AvgIpc) is 3.42. The summed E-state index contributed by atoms with van der Waals surface area (Å²) >= 11 is 7.29. The van der Waals surface area contributed by atoms with E-state index in [-0.39, 0.29) is 0 Å². The highest BCUT2D eigenvalue weighted by Crippen LogP contribution is 2.29. The van der Waals surface area contributed by atoms with Gasteiger partial charge in [0.2, 0.25) is 0 Å². The van der Waals surface area contributed by atoms with E-state index in [2.05, 4.69) is 48.3 Å². The van der Waals surface area contributed by atoms with Gasteiger partial charge in [0.1, 0.15) is 10.2 Å². The van der Waals surface area contributed by atoms with Gasteiger partial charge < -0.3 is 15.6 Å². The maximum absolute atomic E-state index is 5.98. The molecule has 3 N–H and O–H groups in total. The Balaban J connectivity index is 1.65. The van der Waals surface area contributed by atoms with Gasteiger partial charge in [-0.05, 0) is 30.1 Å². The zero-order valence-corrected chi connectivity index (χ0v) is 16.8. The molecule has 0 bridgehead atoms. The Labute approximate surface area is 171 Å². The fourth-order valence-corrected chi connectivity index (χ4v) is 4.25. The third-order valence-corrected chi connectivity index (χ3v) is 5.77. The zero-order valence-electron chi connectivity index (χ0n) is 15.2. The predicted octanol–water partition coefficient (Wildman–Crippen LogP) is 2.75. The van der Waals surface area contributed by atoms with Gasteiger partial charge in [-0.25, -0.2) is 15.4 Å². The molecule has 5 rings (SSSR count). The van der Waals surface area contributed by atoms with Gasteiger partial charge in [-0.2, -0.15) is 4.37 Å². The van der Waals surface area contributed by atoms with Crippen LogP contribution in [0.3, 0.4) is 0 Å². The number of imidazole rings is 1. The third-order valence-electron chi connectivity index (χ3n) is 4.77. The number of hydrogen-bond donors (Lipinski definition) is 3. The normalized spacial score (nSPS) is 17.1. The molecule has 2 aliphatic heterocycles. The van der Waals surface area contributed by atoms with Crippen molar-refractivity contribution in [2.75, 3.05) is 32.0 Å².